The molecule has 2 heterocycles. The molecule has 0 spiro atoms. The van der Waals surface area contributed by atoms with E-state index in [2.05, 4.69) is 32.9 Å². The van der Waals surface area contributed by atoms with Crippen LogP contribution in [0.15, 0.2) is 12.2 Å². The van der Waals surface area contributed by atoms with Gasteiger partial charge in [0.1, 0.15) is 98.7 Å². The van der Waals surface area contributed by atoms with Crippen molar-refractivity contribution in [3.8, 4) is 0 Å². The van der Waals surface area contributed by atoms with E-state index in [0.717, 1.165) is 89.9 Å². The first-order valence-corrected chi connectivity index (χ1v) is 39.5. The lowest BCUT2D eigenvalue weighted by atomic mass is 9.84. The Morgan fingerprint density at radius 1 is 0.392 bits per heavy atom. The number of phosphoric ester groups is 1. The lowest BCUT2D eigenvalue weighted by Gasteiger charge is -2.49. The first-order chi connectivity index (χ1) is 46.8. The van der Waals surface area contributed by atoms with E-state index >= 15 is 0 Å². The normalized spacial score (nSPS) is 27.8. The Hall–Kier alpha value is -2.30. The van der Waals surface area contributed by atoms with Crippen molar-refractivity contribution in [2.24, 2.45) is 0 Å². The van der Waals surface area contributed by atoms with E-state index < -0.39 is 156 Å². The predicted octanol–water partition coefficient (Wildman–Crippen LogP) is 10.4. The summed E-state index contributed by atoms with van der Waals surface area (Å²) in [4.78, 5) is 51.0. The molecule has 0 bridgehead atoms. The molecule has 97 heavy (non-hydrogen) atoms. The van der Waals surface area contributed by atoms with Gasteiger partial charge in [0.2, 0.25) is 0 Å². The first kappa shape index (κ1) is 88.9. The minimum Gasteiger partial charge on any atom is -0.463 e. The summed E-state index contributed by atoms with van der Waals surface area (Å²) in [5, 5.41) is 110. The molecule has 2 saturated heterocycles. The predicted molar refractivity (Wildman–Crippen MR) is 365 cm³/mol. The van der Waals surface area contributed by atoms with Crippen molar-refractivity contribution in [3.63, 3.8) is 0 Å². The van der Waals surface area contributed by atoms with Gasteiger partial charge in [0, 0.05) is 19.3 Å². The summed E-state index contributed by atoms with van der Waals surface area (Å²) in [5.74, 6) is -1.99. The number of carbonyl (C=O) groups excluding carboxylic acids is 3. The molecule has 0 aromatic carbocycles. The Kier molecular flexibility index (Phi) is 49.8. The fourth-order valence-corrected chi connectivity index (χ4v) is 13.5. The third-order valence-corrected chi connectivity index (χ3v) is 19.8. The van der Waals surface area contributed by atoms with Crippen LogP contribution in [-0.2, 0) is 61.2 Å². The number of ether oxygens (including phenoxy) is 7. The minimum atomic E-state index is -5.69. The molecular formula is C72H133O24P. The number of esters is 3. The number of phosphoric acid groups is 1. The second kappa shape index (κ2) is 54.4. The summed E-state index contributed by atoms with van der Waals surface area (Å²) in [6.45, 7) is 3.44. The Morgan fingerprint density at radius 3 is 1.12 bits per heavy atom. The van der Waals surface area contributed by atoms with Gasteiger partial charge in [0.15, 0.2) is 18.7 Å². The Labute approximate surface area is 580 Å². The van der Waals surface area contributed by atoms with E-state index in [-0.39, 0.29) is 19.3 Å². The van der Waals surface area contributed by atoms with E-state index in [9.17, 15) is 74.9 Å². The number of allylic oxidation sites excluding steroid dienone is 2. The smallest absolute Gasteiger partial charge is 0.463 e. The Balaban J connectivity index is 1.73. The van der Waals surface area contributed by atoms with Crippen LogP contribution in [0.5, 0.6) is 0 Å². The summed E-state index contributed by atoms with van der Waals surface area (Å²) < 4.78 is 65.0. The molecule has 18 unspecified atom stereocenters. The molecule has 24 nitrogen and oxygen atoms in total. The van der Waals surface area contributed by atoms with Crippen molar-refractivity contribution >= 4 is 25.7 Å². The molecule has 0 amide bonds. The zero-order valence-electron chi connectivity index (χ0n) is 59.4. The quantitative estimate of drug-likeness (QED) is 0.00886. The van der Waals surface area contributed by atoms with Crippen molar-refractivity contribution < 1.29 is 117 Å². The van der Waals surface area contributed by atoms with Gasteiger partial charge in [-0.1, -0.05) is 245 Å². The van der Waals surface area contributed by atoms with Crippen LogP contribution in [0.3, 0.4) is 0 Å². The summed E-state index contributed by atoms with van der Waals surface area (Å²) in [6.07, 6.45) is 12.8. The molecular weight excluding hydrogens is 1280 g/mol. The number of rotatable bonds is 59. The Bertz CT molecular complexity index is 2060. The van der Waals surface area contributed by atoms with Gasteiger partial charge in [-0.15, -0.1) is 0 Å². The highest BCUT2D eigenvalue weighted by Gasteiger charge is 2.58. The van der Waals surface area contributed by atoms with Gasteiger partial charge in [-0.05, 0) is 44.9 Å². The van der Waals surface area contributed by atoms with Crippen LogP contribution in [0.25, 0.3) is 0 Å². The van der Waals surface area contributed by atoms with Crippen LogP contribution < -0.4 is 0 Å². The van der Waals surface area contributed by atoms with Gasteiger partial charge < -0.3 is 89.1 Å². The van der Waals surface area contributed by atoms with Gasteiger partial charge in [0.25, 0.3) is 0 Å². The monoisotopic (exact) mass is 1410 g/mol. The molecule has 570 valence electrons. The molecule has 18 atom stereocenters. The van der Waals surface area contributed by atoms with Crippen LogP contribution in [0, 0.1) is 0 Å². The van der Waals surface area contributed by atoms with Gasteiger partial charge in [-0.2, -0.15) is 0 Å². The van der Waals surface area contributed by atoms with Crippen molar-refractivity contribution in [3.05, 3.63) is 12.2 Å². The molecule has 0 aromatic heterocycles. The molecule has 3 aliphatic rings. The molecule has 25 heteroatoms. The number of hydrogen-bond acceptors (Lipinski definition) is 23. The zero-order chi connectivity index (χ0) is 71.1. The highest BCUT2D eigenvalue weighted by Crippen LogP contribution is 2.49. The maximum atomic E-state index is 14.3. The lowest BCUT2D eigenvalue weighted by molar-refractivity contribution is -0.360. The van der Waals surface area contributed by atoms with Gasteiger partial charge in [0.05, 0.1) is 13.2 Å². The van der Waals surface area contributed by atoms with Crippen molar-refractivity contribution in [1.82, 2.24) is 0 Å². The van der Waals surface area contributed by atoms with E-state index in [1.54, 1.807) is 0 Å². The average Bonchev–Trinajstić information content (AvgIpc) is 0.768. The van der Waals surface area contributed by atoms with Crippen LogP contribution in [0.4, 0.5) is 0 Å². The van der Waals surface area contributed by atoms with E-state index in [4.69, 9.17) is 42.2 Å². The van der Waals surface area contributed by atoms with Crippen LogP contribution in [0.2, 0.25) is 0 Å². The number of carbonyl (C=O) groups is 3. The van der Waals surface area contributed by atoms with Gasteiger partial charge in [-0.3, -0.25) is 23.4 Å². The molecule has 3 rings (SSSR count). The van der Waals surface area contributed by atoms with Gasteiger partial charge in [-0.25, -0.2) is 4.57 Å². The van der Waals surface area contributed by atoms with Crippen molar-refractivity contribution in [2.75, 3.05) is 26.4 Å². The van der Waals surface area contributed by atoms with Crippen LogP contribution in [0.1, 0.15) is 297 Å². The summed E-state index contributed by atoms with van der Waals surface area (Å²) in [7, 11) is -5.69. The number of aliphatic hydroxyl groups is 10. The highest BCUT2D eigenvalue weighted by molar-refractivity contribution is 7.47. The molecule has 2 aliphatic heterocycles. The minimum absolute atomic E-state index is 0.00939. The number of hydrogen-bond donors (Lipinski definition) is 11. The van der Waals surface area contributed by atoms with E-state index in [1.165, 1.54) is 148 Å². The summed E-state index contributed by atoms with van der Waals surface area (Å²) in [6, 6.07) is 0. The lowest BCUT2D eigenvalue weighted by Crippen LogP contribution is -2.69. The fraction of sp³-hybridized carbons (Fsp3) is 0.931. The van der Waals surface area contributed by atoms with Crippen molar-refractivity contribution in [1.29, 1.82) is 0 Å². The third-order valence-electron chi connectivity index (χ3n) is 18.8. The number of aliphatic hydroxyl groups excluding tert-OH is 10. The second-order valence-corrected chi connectivity index (χ2v) is 28.8. The highest BCUT2D eigenvalue weighted by atomic mass is 31.2. The number of unbranched alkanes of at least 4 members (excludes halogenated alkanes) is 36. The SMILES string of the molecule is CCCCCCCC/C=C\CCCCCC(=O)OCC1OC(OC2C(O)C(O)C(O)C(OC3OC(CO)C(O)C(O)C3O)C2OP(=O)(O)OCC(COC(=O)CCCCCCCCCCCCCCCCCC)OC(=O)CCCCCCCCCCCCCCC)C(O)C(O)C1O. The Morgan fingerprint density at radius 2 is 0.722 bits per heavy atom. The maximum absolute atomic E-state index is 14.3. The van der Waals surface area contributed by atoms with Crippen LogP contribution in [-0.4, -0.2) is 204 Å². The molecule has 1 aliphatic carbocycles. The fourth-order valence-electron chi connectivity index (χ4n) is 12.6. The zero-order valence-corrected chi connectivity index (χ0v) is 60.3. The summed E-state index contributed by atoms with van der Waals surface area (Å²) >= 11 is 0. The topological polar surface area (TPSA) is 374 Å². The van der Waals surface area contributed by atoms with Crippen LogP contribution >= 0.6 is 7.82 Å². The first-order valence-electron chi connectivity index (χ1n) is 38.0. The standard InChI is InChI=1S/C72H133O24P/c1-4-7-10-13-16-19-22-25-26-27-30-32-34-37-40-43-46-56(74)88-50-53(91-58(76)48-45-42-39-36-33-29-24-21-18-15-12-9-6-3)51-90-97(86,87)96-70-68(94-71-66(84)61(79)59(77)54(49-73)92-71)64(82)63(81)65(83)69(70)95-72-67(85)62(80)60(78)55(93-72)52-89-57(75)47-44-41-38-35-31-28-23-20-17-14-11-8-5-2/h28,31,53-55,59-73,77-85H,4-27,29-30,32-52H2,1-3H3,(H,86,87)/b31-28-. The largest absolute Gasteiger partial charge is 0.472 e. The molecule has 0 aromatic rings. The molecule has 0 radical (unpaired) electrons. The summed E-state index contributed by atoms with van der Waals surface area (Å²) in [5.41, 5.74) is 0. The molecule has 11 N–H and O–H groups in total. The molecule has 3 fully saturated rings. The van der Waals surface area contributed by atoms with Crippen molar-refractivity contribution in [2.45, 2.75) is 401 Å². The maximum Gasteiger partial charge on any atom is 0.472 e. The molecule has 1 saturated carbocycles. The third kappa shape index (κ3) is 37.6. The van der Waals surface area contributed by atoms with Gasteiger partial charge >= 0.3 is 25.7 Å². The van der Waals surface area contributed by atoms with E-state index in [1.807, 2.05) is 0 Å². The second-order valence-electron chi connectivity index (χ2n) is 27.4. The average molecular weight is 1410 g/mol. The van der Waals surface area contributed by atoms with E-state index in [0.29, 0.717) is 19.3 Å².